The molecule has 1 aromatic carbocycles. The van der Waals surface area contributed by atoms with Gasteiger partial charge in [-0.1, -0.05) is 19.0 Å². The van der Waals surface area contributed by atoms with Crippen molar-refractivity contribution >= 4 is 32.7 Å². The topological polar surface area (TPSA) is 126 Å². The number of aromatic hydroxyl groups is 1. The monoisotopic (exact) mass is 418 g/mol. The number of carbonyl (C=O) groups excluding carboxylic acids is 1. The SMILES string of the molecule is CCN(CC)S(=O)(=O)c1ccc(O)c(NC(=O)c2cc(C)nc3onc(C)c23)c1. The van der Waals surface area contributed by atoms with Gasteiger partial charge in [0.1, 0.15) is 5.75 Å². The van der Waals surface area contributed by atoms with Crippen LogP contribution in [0.15, 0.2) is 33.7 Å². The maximum atomic E-state index is 12.9. The van der Waals surface area contributed by atoms with Gasteiger partial charge in [0, 0.05) is 18.8 Å². The van der Waals surface area contributed by atoms with Crippen LogP contribution < -0.4 is 5.32 Å². The number of benzene rings is 1. The van der Waals surface area contributed by atoms with Crippen molar-refractivity contribution in [1.29, 1.82) is 0 Å². The van der Waals surface area contributed by atoms with Crippen molar-refractivity contribution in [1.82, 2.24) is 14.4 Å². The van der Waals surface area contributed by atoms with Crippen molar-refractivity contribution in [2.75, 3.05) is 18.4 Å². The number of nitrogens with one attached hydrogen (secondary N) is 1. The Bertz CT molecular complexity index is 1180. The molecule has 9 nitrogen and oxygen atoms in total. The second-order valence-electron chi connectivity index (χ2n) is 6.48. The standard InChI is InChI=1S/C19H22N4O5S/c1-5-23(6-2)29(26,27)13-7-8-16(24)15(10-13)21-18(25)14-9-11(3)20-19-17(14)12(4)22-28-19/h7-10,24H,5-6H2,1-4H3,(H,21,25). The predicted octanol–water partition coefficient (Wildman–Crippen LogP) is 2.83. The summed E-state index contributed by atoms with van der Waals surface area (Å²) in [5.41, 5.74) is 1.54. The highest BCUT2D eigenvalue weighted by atomic mass is 32.2. The van der Waals surface area contributed by atoms with Gasteiger partial charge in [0.05, 0.1) is 27.2 Å². The number of rotatable bonds is 6. The highest BCUT2D eigenvalue weighted by Gasteiger charge is 2.24. The molecule has 154 valence electrons. The van der Waals surface area contributed by atoms with E-state index in [1.54, 1.807) is 33.8 Å². The van der Waals surface area contributed by atoms with Crippen LogP contribution in [0.3, 0.4) is 0 Å². The normalized spacial score (nSPS) is 11.9. The van der Waals surface area contributed by atoms with Gasteiger partial charge in [-0.25, -0.2) is 13.4 Å². The molecule has 0 saturated heterocycles. The molecule has 29 heavy (non-hydrogen) atoms. The van der Waals surface area contributed by atoms with E-state index in [0.29, 0.717) is 29.9 Å². The number of hydrogen-bond acceptors (Lipinski definition) is 7. The molecular formula is C19H22N4O5S. The van der Waals surface area contributed by atoms with Gasteiger partial charge < -0.3 is 14.9 Å². The Morgan fingerprint density at radius 1 is 1.21 bits per heavy atom. The van der Waals surface area contributed by atoms with Gasteiger partial charge in [-0.3, -0.25) is 4.79 Å². The lowest BCUT2D eigenvalue weighted by atomic mass is 10.1. The van der Waals surface area contributed by atoms with Crippen molar-refractivity contribution in [3.8, 4) is 5.75 Å². The minimum atomic E-state index is -3.74. The first-order valence-electron chi connectivity index (χ1n) is 9.07. The second kappa shape index (κ2) is 7.80. The Balaban J connectivity index is 2.01. The second-order valence-corrected chi connectivity index (χ2v) is 8.42. The third kappa shape index (κ3) is 3.81. The van der Waals surface area contributed by atoms with Crippen molar-refractivity contribution in [2.45, 2.75) is 32.6 Å². The van der Waals surface area contributed by atoms with Crippen molar-refractivity contribution in [3.63, 3.8) is 0 Å². The minimum Gasteiger partial charge on any atom is -0.506 e. The first kappa shape index (κ1) is 20.7. The summed E-state index contributed by atoms with van der Waals surface area (Å²) in [6.07, 6.45) is 0. The van der Waals surface area contributed by atoms with E-state index in [0.717, 1.165) is 0 Å². The fourth-order valence-electron chi connectivity index (χ4n) is 3.07. The smallest absolute Gasteiger partial charge is 0.258 e. The van der Waals surface area contributed by atoms with Crippen molar-refractivity contribution in [2.24, 2.45) is 0 Å². The Kier molecular flexibility index (Phi) is 5.58. The largest absolute Gasteiger partial charge is 0.506 e. The van der Waals surface area contributed by atoms with Crippen LogP contribution in [0.1, 0.15) is 35.6 Å². The third-order valence-corrected chi connectivity index (χ3v) is 6.60. The molecule has 0 aliphatic heterocycles. The fraction of sp³-hybridized carbons (Fsp3) is 0.316. The maximum Gasteiger partial charge on any atom is 0.258 e. The number of fused-ring (bicyclic) bond motifs is 1. The molecule has 3 rings (SSSR count). The van der Waals surface area contributed by atoms with Gasteiger partial charge in [0.25, 0.3) is 11.6 Å². The lowest BCUT2D eigenvalue weighted by Gasteiger charge is -2.19. The highest BCUT2D eigenvalue weighted by Crippen LogP contribution is 2.29. The van der Waals surface area contributed by atoms with Crippen LogP contribution in [-0.4, -0.2) is 47.0 Å². The average molecular weight is 418 g/mol. The van der Waals surface area contributed by atoms with Gasteiger partial charge in [-0.05, 0) is 38.1 Å². The number of phenols is 1. The quantitative estimate of drug-likeness (QED) is 0.590. The predicted molar refractivity (Wildman–Crippen MR) is 107 cm³/mol. The van der Waals surface area contributed by atoms with Crippen LogP contribution >= 0.6 is 0 Å². The zero-order valence-electron chi connectivity index (χ0n) is 16.6. The zero-order chi connectivity index (χ0) is 21.3. The number of nitrogens with zero attached hydrogens (tertiary/aromatic N) is 3. The van der Waals surface area contributed by atoms with Crippen molar-refractivity contribution in [3.05, 3.63) is 41.2 Å². The molecule has 0 spiro atoms. The van der Waals surface area contributed by atoms with Crippen LogP contribution in [0, 0.1) is 13.8 Å². The van der Waals surface area contributed by atoms with Crippen LogP contribution in [-0.2, 0) is 10.0 Å². The Morgan fingerprint density at radius 2 is 1.90 bits per heavy atom. The number of hydrogen-bond donors (Lipinski definition) is 2. The Morgan fingerprint density at radius 3 is 2.55 bits per heavy atom. The first-order valence-corrected chi connectivity index (χ1v) is 10.5. The summed E-state index contributed by atoms with van der Waals surface area (Å²) >= 11 is 0. The van der Waals surface area contributed by atoms with E-state index in [9.17, 15) is 18.3 Å². The molecule has 0 atom stereocenters. The Labute approximate surface area is 168 Å². The van der Waals surface area contributed by atoms with Gasteiger partial charge in [0.15, 0.2) is 0 Å². The summed E-state index contributed by atoms with van der Waals surface area (Å²) in [6, 6.07) is 5.36. The van der Waals surface area contributed by atoms with E-state index >= 15 is 0 Å². The number of aromatic nitrogens is 2. The van der Waals surface area contributed by atoms with Gasteiger partial charge in [-0.2, -0.15) is 4.31 Å². The molecule has 0 saturated carbocycles. The number of phenolic OH excluding ortho intramolecular Hbond substituents is 1. The summed E-state index contributed by atoms with van der Waals surface area (Å²) in [5, 5.41) is 17.0. The summed E-state index contributed by atoms with van der Waals surface area (Å²) in [4.78, 5) is 17.1. The molecule has 0 aliphatic rings. The fourth-order valence-corrected chi connectivity index (χ4v) is 4.56. The lowest BCUT2D eigenvalue weighted by molar-refractivity contribution is 0.102. The van der Waals surface area contributed by atoms with Gasteiger partial charge >= 0.3 is 0 Å². The molecule has 0 aliphatic carbocycles. The van der Waals surface area contributed by atoms with E-state index in [4.69, 9.17) is 4.52 Å². The first-order chi connectivity index (χ1) is 13.7. The molecule has 2 aromatic heterocycles. The van der Waals surface area contributed by atoms with E-state index in [1.165, 1.54) is 22.5 Å². The molecule has 0 radical (unpaired) electrons. The molecule has 2 heterocycles. The number of sulfonamides is 1. The van der Waals surface area contributed by atoms with Crippen molar-refractivity contribution < 1.29 is 22.8 Å². The molecule has 3 aromatic rings. The van der Waals surface area contributed by atoms with Gasteiger partial charge in [-0.15, -0.1) is 0 Å². The number of amides is 1. The van der Waals surface area contributed by atoms with Gasteiger partial charge in [0.2, 0.25) is 10.0 Å². The molecule has 0 unspecified atom stereocenters. The average Bonchev–Trinajstić information content (AvgIpc) is 3.04. The Hall–Kier alpha value is -2.98. The van der Waals surface area contributed by atoms with E-state index in [-0.39, 0.29) is 27.6 Å². The summed E-state index contributed by atoms with van der Waals surface area (Å²) in [5.74, 6) is -0.791. The molecule has 0 fully saturated rings. The van der Waals surface area contributed by atoms with E-state index in [1.807, 2.05) is 0 Å². The van der Waals surface area contributed by atoms with Crippen LogP contribution in [0.4, 0.5) is 5.69 Å². The van der Waals surface area contributed by atoms with Crippen LogP contribution in [0.5, 0.6) is 5.75 Å². The van der Waals surface area contributed by atoms with Crippen LogP contribution in [0.25, 0.3) is 11.1 Å². The summed E-state index contributed by atoms with van der Waals surface area (Å²) in [7, 11) is -3.74. The molecule has 1 amide bonds. The number of carbonyl (C=O) groups is 1. The number of aryl methyl sites for hydroxylation is 2. The van der Waals surface area contributed by atoms with E-state index < -0.39 is 15.9 Å². The lowest BCUT2D eigenvalue weighted by Crippen LogP contribution is -2.30. The van der Waals surface area contributed by atoms with Crippen LogP contribution in [0.2, 0.25) is 0 Å². The third-order valence-electron chi connectivity index (χ3n) is 4.55. The highest BCUT2D eigenvalue weighted by molar-refractivity contribution is 7.89. The summed E-state index contributed by atoms with van der Waals surface area (Å²) in [6.45, 7) is 7.49. The maximum absolute atomic E-state index is 12.9. The molecular weight excluding hydrogens is 396 g/mol. The summed E-state index contributed by atoms with van der Waals surface area (Å²) < 4.78 is 31.9. The molecule has 2 N–H and O–H groups in total. The molecule has 0 bridgehead atoms. The van der Waals surface area contributed by atoms with E-state index in [2.05, 4.69) is 15.5 Å². The minimum absolute atomic E-state index is 0.0139. The number of pyridine rings is 1. The molecule has 10 heteroatoms. The number of anilines is 1. The zero-order valence-corrected chi connectivity index (χ0v) is 17.4.